The van der Waals surface area contributed by atoms with E-state index in [1.165, 1.54) is 5.56 Å². The van der Waals surface area contributed by atoms with Crippen LogP contribution in [0.1, 0.15) is 18.4 Å². The Hall–Kier alpha value is -1.53. The number of hydrogen-bond acceptors (Lipinski definition) is 5. The van der Waals surface area contributed by atoms with Gasteiger partial charge in [0.25, 0.3) is 0 Å². The fraction of sp³-hybridized carbons (Fsp3) is 0.385. The van der Waals surface area contributed by atoms with E-state index < -0.39 is 10.8 Å². The molecule has 1 unspecified atom stereocenters. The number of rotatable bonds is 6. The SMILES string of the molecule is CCc1ccc(-c2noc(CS(=O)CCO)n2)cc1. The molecule has 1 N–H and O–H groups in total. The van der Waals surface area contributed by atoms with Crippen molar-refractivity contribution in [2.45, 2.75) is 19.1 Å². The summed E-state index contributed by atoms with van der Waals surface area (Å²) in [7, 11) is -1.17. The van der Waals surface area contributed by atoms with Crippen molar-refractivity contribution in [3.63, 3.8) is 0 Å². The number of nitrogens with zero attached hydrogens (tertiary/aromatic N) is 2. The van der Waals surface area contributed by atoms with E-state index in [0.717, 1.165) is 12.0 Å². The molecule has 0 saturated carbocycles. The summed E-state index contributed by atoms with van der Waals surface area (Å²) in [6.07, 6.45) is 0.984. The fourth-order valence-corrected chi connectivity index (χ4v) is 2.37. The molecule has 0 spiro atoms. The zero-order chi connectivity index (χ0) is 13.7. The second-order valence-corrected chi connectivity index (χ2v) is 5.65. The minimum absolute atomic E-state index is 0.105. The highest BCUT2D eigenvalue weighted by molar-refractivity contribution is 7.84. The van der Waals surface area contributed by atoms with Gasteiger partial charge in [0.2, 0.25) is 11.7 Å². The van der Waals surface area contributed by atoms with Crippen molar-refractivity contribution >= 4 is 10.8 Å². The van der Waals surface area contributed by atoms with Gasteiger partial charge in [-0.1, -0.05) is 36.3 Å². The van der Waals surface area contributed by atoms with E-state index in [4.69, 9.17) is 9.63 Å². The summed E-state index contributed by atoms with van der Waals surface area (Å²) < 4.78 is 16.5. The Bertz CT molecular complexity index is 551. The maximum atomic E-state index is 11.5. The zero-order valence-electron chi connectivity index (χ0n) is 10.7. The molecular weight excluding hydrogens is 264 g/mol. The second kappa shape index (κ2) is 6.58. The summed E-state index contributed by atoms with van der Waals surface area (Å²) >= 11 is 0. The molecule has 1 heterocycles. The lowest BCUT2D eigenvalue weighted by atomic mass is 10.1. The van der Waals surface area contributed by atoms with Crippen LogP contribution >= 0.6 is 0 Å². The van der Waals surface area contributed by atoms with Crippen molar-refractivity contribution < 1.29 is 13.8 Å². The maximum absolute atomic E-state index is 11.5. The molecule has 5 nitrogen and oxygen atoms in total. The molecule has 0 aliphatic carbocycles. The van der Waals surface area contributed by atoms with E-state index in [1.807, 2.05) is 24.3 Å². The Morgan fingerprint density at radius 1 is 1.32 bits per heavy atom. The standard InChI is InChI=1S/C13H16N2O3S/c1-2-10-3-5-11(6-4-10)13-14-12(18-15-13)9-19(17)8-7-16/h3-6,16H,2,7-9H2,1H3. The molecule has 0 fully saturated rings. The molecule has 0 saturated heterocycles. The molecule has 19 heavy (non-hydrogen) atoms. The third-order valence-electron chi connectivity index (χ3n) is 2.69. The first-order chi connectivity index (χ1) is 9.22. The highest BCUT2D eigenvalue weighted by Gasteiger charge is 2.11. The zero-order valence-corrected chi connectivity index (χ0v) is 11.5. The molecule has 0 bridgehead atoms. The first-order valence-electron chi connectivity index (χ1n) is 6.10. The Balaban J connectivity index is 2.09. The van der Waals surface area contributed by atoms with Crippen molar-refractivity contribution in [2.75, 3.05) is 12.4 Å². The molecular formula is C13H16N2O3S. The first kappa shape index (κ1) is 13.9. The third-order valence-corrected chi connectivity index (χ3v) is 3.90. The summed E-state index contributed by atoms with van der Waals surface area (Å²) in [6.45, 7) is 1.99. The summed E-state index contributed by atoms with van der Waals surface area (Å²) in [5.74, 6) is 1.24. The highest BCUT2D eigenvalue weighted by Crippen LogP contribution is 2.17. The van der Waals surface area contributed by atoms with Crippen molar-refractivity contribution in [1.29, 1.82) is 0 Å². The Morgan fingerprint density at radius 3 is 2.68 bits per heavy atom. The smallest absolute Gasteiger partial charge is 0.239 e. The van der Waals surface area contributed by atoms with Crippen molar-refractivity contribution in [1.82, 2.24) is 10.1 Å². The number of aryl methyl sites for hydroxylation is 1. The Labute approximate surface area is 114 Å². The van der Waals surface area contributed by atoms with Crippen LogP contribution < -0.4 is 0 Å². The van der Waals surface area contributed by atoms with Crippen LogP contribution in [-0.4, -0.2) is 31.8 Å². The number of aliphatic hydroxyl groups excluding tert-OH is 1. The molecule has 0 aliphatic heterocycles. The molecule has 102 valence electrons. The van der Waals surface area contributed by atoms with Crippen LogP contribution in [0.3, 0.4) is 0 Å². The van der Waals surface area contributed by atoms with Crippen LogP contribution in [-0.2, 0) is 23.0 Å². The average molecular weight is 280 g/mol. The van der Waals surface area contributed by atoms with Crippen LogP contribution in [0.4, 0.5) is 0 Å². The van der Waals surface area contributed by atoms with Gasteiger partial charge in [0.05, 0.1) is 6.61 Å². The maximum Gasteiger partial charge on any atom is 0.239 e. The van der Waals surface area contributed by atoms with Crippen LogP contribution in [0.5, 0.6) is 0 Å². The van der Waals surface area contributed by atoms with E-state index in [2.05, 4.69) is 17.1 Å². The van der Waals surface area contributed by atoms with Crippen molar-refractivity contribution in [3.8, 4) is 11.4 Å². The normalized spacial score (nSPS) is 12.5. The molecule has 0 amide bonds. The molecule has 1 aromatic heterocycles. The van der Waals surface area contributed by atoms with Gasteiger partial charge < -0.3 is 9.63 Å². The van der Waals surface area contributed by atoms with Crippen molar-refractivity contribution in [2.24, 2.45) is 0 Å². The number of aromatic nitrogens is 2. The summed E-state index contributed by atoms with van der Waals surface area (Å²) in [4.78, 5) is 4.21. The van der Waals surface area contributed by atoms with E-state index in [0.29, 0.717) is 11.7 Å². The highest BCUT2D eigenvalue weighted by atomic mass is 32.2. The molecule has 0 radical (unpaired) electrons. The van der Waals surface area contributed by atoms with Gasteiger partial charge in [-0.15, -0.1) is 0 Å². The van der Waals surface area contributed by atoms with E-state index in [9.17, 15) is 4.21 Å². The van der Waals surface area contributed by atoms with Gasteiger partial charge in [0.1, 0.15) is 5.75 Å². The molecule has 0 aliphatic rings. The van der Waals surface area contributed by atoms with Gasteiger partial charge in [-0.05, 0) is 12.0 Å². The van der Waals surface area contributed by atoms with Gasteiger partial charge in [-0.25, -0.2) is 0 Å². The number of hydrogen-bond donors (Lipinski definition) is 1. The van der Waals surface area contributed by atoms with Crippen molar-refractivity contribution in [3.05, 3.63) is 35.7 Å². The summed E-state index contributed by atoms with van der Waals surface area (Å²) in [5, 5.41) is 12.6. The van der Waals surface area contributed by atoms with Crippen LogP contribution in [0, 0.1) is 0 Å². The van der Waals surface area contributed by atoms with Gasteiger partial charge in [-0.2, -0.15) is 4.98 Å². The Morgan fingerprint density at radius 2 is 2.05 bits per heavy atom. The fourth-order valence-electron chi connectivity index (χ4n) is 1.63. The average Bonchev–Trinajstić information content (AvgIpc) is 2.87. The van der Waals surface area contributed by atoms with Gasteiger partial charge in [-0.3, -0.25) is 4.21 Å². The minimum atomic E-state index is -1.17. The lowest BCUT2D eigenvalue weighted by Crippen LogP contribution is -2.04. The minimum Gasteiger partial charge on any atom is -0.395 e. The van der Waals surface area contributed by atoms with E-state index in [1.54, 1.807) is 0 Å². The van der Waals surface area contributed by atoms with Gasteiger partial charge >= 0.3 is 0 Å². The van der Waals surface area contributed by atoms with Crippen LogP contribution in [0.25, 0.3) is 11.4 Å². The lowest BCUT2D eigenvalue weighted by molar-refractivity contribution is 0.321. The van der Waals surface area contributed by atoms with Gasteiger partial charge in [0, 0.05) is 22.1 Å². The Kier molecular flexibility index (Phi) is 4.81. The molecule has 2 rings (SSSR count). The second-order valence-electron chi connectivity index (χ2n) is 4.07. The first-order valence-corrected chi connectivity index (χ1v) is 7.59. The molecule has 1 aromatic carbocycles. The lowest BCUT2D eigenvalue weighted by Gasteiger charge is -1.97. The van der Waals surface area contributed by atoms with Crippen LogP contribution in [0.15, 0.2) is 28.8 Å². The summed E-state index contributed by atoms with van der Waals surface area (Å²) in [5.41, 5.74) is 2.12. The topological polar surface area (TPSA) is 76.2 Å². The monoisotopic (exact) mass is 280 g/mol. The van der Waals surface area contributed by atoms with E-state index in [-0.39, 0.29) is 18.1 Å². The number of benzene rings is 1. The van der Waals surface area contributed by atoms with Gasteiger partial charge in [0.15, 0.2) is 0 Å². The molecule has 2 aromatic rings. The quantitative estimate of drug-likeness (QED) is 0.868. The molecule has 6 heteroatoms. The van der Waals surface area contributed by atoms with E-state index >= 15 is 0 Å². The largest absolute Gasteiger partial charge is 0.395 e. The van der Waals surface area contributed by atoms with Crippen LogP contribution in [0.2, 0.25) is 0 Å². The predicted molar refractivity (Wildman–Crippen MR) is 72.9 cm³/mol. The summed E-state index contributed by atoms with van der Waals surface area (Å²) in [6, 6.07) is 7.93. The third kappa shape index (κ3) is 3.71. The predicted octanol–water partition coefficient (Wildman–Crippen LogP) is 1.54. The number of aliphatic hydroxyl groups is 1. The molecule has 1 atom stereocenters.